The number of terminal acetylenes is 1. The molecule has 88 valence electrons. The molecule has 1 aliphatic heterocycles. The fourth-order valence-electron chi connectivity index (χ4n) is 1.86. The van der Waals surface area contributed by atoms with Crippen LogP contribution in [-0.4, -0.2) is 11.9 Å². The molecule has 0 spiro atoms. The van der Waals surface area contributed by atoms with E-state index in [1.54, 1.807) is 0 Å². The van der Waals surface area contributed by atoms with Gasteiger partial charge in [-0.2, -0.15) is 0 Å². The SMILES string of the molecule is C#C[C@H]1C[C@H](N)C(=O)Nc2c(F)cc(F)cc21. The number of amides is 1. The third kappa shape index (κ3) is 1.99. The smallest absolute Gasteiger partial charge is 0.241 e. The Hall–Kier alpha value is -1.93. The van der Waals surface area contributed by atoms with Gasteiger partial charge in [0.1, 0.15) is 11.6 Å². The lowest BCUT2D eigenvalue weighted by molar-refractivity contribution is -0.117. The summed E-state index contributed by atoms with van der Waals surface area (Å²) in [7, 11) is 0. The minimum atomic E-state index is -0.845. The maximum Gasteiger partial charge on any atom is 0.241 e. The molecule has 2 rings (SSSR count). The maximum absolute atomic E-state index is 13.6. The first-order valence-electron chi connectivity index (χ1n) is 5.04. The zero-order valence-electron chi connectivity index (χ0n) is 8.84. The number of carbonyl (C=O) groups excluding carboxylic acids is 1. The van der Waals surface area contributed by atoms with Gasteiger partial charge < -0.3 is 11.1 Å². The zero-order chi connectivity index (χ0) is 12.6. The van der Waals surface area contributed by atoms with Crippen LogP contribution in [-0.2, 0) is 4.79 Å². The second-order valence-electron chi connectivity index (χ2n) is 3.90. The first kappa shape index (κ1) is 11.6. The van der Waals surface area contributed by atoms with Gasteiger partial charge in [0.15, 0.2) is 0 Å². The minimum Gasteiger partial charge on any atom is -0.322 e. The normalized spacial score (nSPS) is 23.3. The summed E-state index contributed by atoms with van der Waals surface area (Å²) in [4.78, 5) is 11.5. The molecule has 0 bridgehead atoms. The standard InChI is InChI=1S/C12H10F2N2O/c1-2-6-3-10(15)12(17)16-11-8(6)4-7(13)5-9(11)14/h1,4-6,10H,3,15H2,(H,16,17)/t6-,10-/m0/s1. The molecule has 17 heavy (non-hydrogen) atoms. The zero-order valence-corrected chi connectivity index (χ0v) is 8.84. The fourth-order valence-corrected chi connectivity index (χ4v) is 1.86. The number of nitrogens with two attached hydrogens (primary N) is 1. The molecule has 0 fully saturated rings. The topological polar surface area (TPSA) is 55.1 Å². The van der Waals surface area contributed by atoms with Crippen LogP contribution in [0.3, 0.4) is 0 Å². The molecule has 2 atom stereocenters. The monoisotopic (exact) mass is 236 g/mol. The van der Waals surface area contributed by atoms with Crippen LogP contribution in [0.25, 0.3) is 0 Å². The van der Waals surface area contributed by atoms with E-state index in [9.17, 15) is 13.6 Å². The van der Waals surface area contributed by atoms with Crippen LogP contribution in [0, 0.1) is 24.0 Å². The minimum absolute atomic E-state index is 0.0766. The first-order valence-corrected chi connectivity index (χ1v) is 5.04. The molecule has 1 aromatic carbocycles. The molecule has 0 saturated heterocycles. The number of rotatable bonds is 0. The van der Waals surface area contributed by atoms with Gasteiger partial charge in [0.25, 0.3) is 0 Å². The molecule has 0 aliphatic carbocycles. The van der Waals surface area contributed by atoms with Crippen molar-refractivity contribution in [3.8, 4) is 12.3 Å². The van der Waals surface area contributed by atoms with E-state index < -0.39 is 29.5 Å². The number of halogens is 2. The number of nitrogens with one attached hydrogen (secondary N) is 1. The van der Waals surface area contributed by atoms with Crippen LogP contribution in [0.4, 0.5) is 14.5 Å². The highest BCUT2D eigenvalue weighted by Crippen LogP contribution is 2.33. The maximum atomic E-state index is 13.6. The second kappa shape index (κ2) is 4.15. The van der Waals surface area contributed by atoms with E-state index in [1.165, 1.54) is 0 Å². The summed E-state index contributed by atoms with van der Waals surface area (Å²) in [6.07, 6.45) is 5.47. The Balaban J connectivity index is 2.61. The van der Waals surface area contributed by atoms with Gasteiger partial charge in [0.2, 0.25) is 5.91 Å². The average molecular weight is 236 g/mol. The van der Waals surface area contributed by atoms with E-state index in [2.05, 4.69) is 11.2 Å². The number of carbonyl (C=O) groups is 1. The molecular formula is C12H10F2N2O. The first-order chi connectivity index (χ1) is 8.02. The number of hydrogen-bond acceptors (Lipinski definition) is 2. The molecule has 3 N–H and O–H groups in total. The third-order valence-corrected chi connectivity index (χ3v) is 2.74. The molecule has 1 heterocycles. The lowest BCUT2D eigenvalue weighted by Gasteiger charge is -2.12. The van der Waals surface area contributed by atoms with Gasteiger partial charge in [-0.3, -0.25) is 4.79 Å². The average Bonchev–Trinajstić information content (AvgIpc) is 2.39. The summed E-state index contributed by atoms with van der Waals surface area (Å²) in [6, 6.07) is 0.996. The van der Waals surface area contributed by atoms with Crippen LogP contribution in [0.2, 0.25) is 0 Å². The summed E-state index contributed by atoms with van der Waals surface area (Å²) in [5, 5.41) is 2.33. The van der Waals surface area contributed by atoms with Crippen molar-refractivity contribution in [3.63, 3.8) is 0 Å². The van der Waals surface area contributed by atoms with Crippen molar-refractivity contribution in [3.05, 3.63) is 29.3 Å². The molecule has 1 aromatic rings. The van der Waals surface area contributed by atoms with Gasteiger partial charge in [0.05, 0.1) is 11.7 Å². The lowest BCUT2D eigenvalue weighted by atomic mass is 9.93. The highest BCUT2D eigenvalue weighted by atomic mass is 19.1. The van der Waals surface area contributed by atoms with E-state index in [0.717, 1.165) is 6.07 Å². The molecule has 5 heteroatoms. The molecule has 0 aromatic heterocycles. The van der Waals surface area contributed by atoms with Crippen molar-refractivity contribution < 1.29 is 13.6 Å². The van der Waals surface area contributed by atoms with Crippen molar-refractivity contribution in [1.82, 2.24) is 0 Å². The fraction of sp³-hybridized carbons (Fsp3) is 0.250. The summed E-state index contributed by atoms with van der Waals surface area (Å²) >= 11 is 0. The van der Waals surface area contributed by atoms with E-state index in [0.29, 0.717) is 6.07 Å². The second-order valence-corrected chi connectivity index (χ2v) is 3.90. The summed E-state index contributed by atoms with van der Waals surface area (Å²) < 4.78 is 26.7. The van der Waals surface area contributed by atoms with Crippen molar-refractivity contribution >= 4 is 11.6 Å². The van der Waals surface area contributed by atoms with Gasteiger partial charge in [0, 0.05) is 12.0 Å². The van der Waals surface area contributed by atoms with Gasteiger partial charge in [-0.15, -0.1) is 6.42 Å². The molecule has 1 aliphatic rings. The van der Waals surface area contributed by atoms with Crippen LogP contribution in [0.5, 0.6) is 0 Å². The third-order valence-electron chi connectivity index (χ3n) is 2.74. The number of anilines is 1. The van der Waals surface area contributed by atoms with E-state index in [-0.39, 0.29) is 17.7 Å². The quantitative estimate of drug-likeness (QED) is 0.668. The highest BCUT2D eigenvalue weighted by molar-refractivity contribution is 5.96. The van der Waals surface area contributed by atoms with Gasteiger partial charge in [-0.05, 0) is 18.1 Å². The Morgan fingerprint density at radius 3 is 2.82 bits per heavy atom. The summed E-state index contributed by atoms with van der Waals surface area (Å²) in [5.74, 6) is -0.274. The summed E-state index contributed by atoms with van der Waals surface area (Å²) in [5.41, 5.74) is 5.77. The van der Waals surface area contributed by atoms with Crippen molar-refractivity contribution in [2.24, 2.45) is 5.73 Å². The highest BCUT2D eigenvalue weighted by Gasteiger charge is 2.28. The van der Waals surface area contributed by atoms with E-state index in [4.69, 9.17) is 12.2 Å². The Kier molecular flexibility index (Phi) is 2.82. The Morgan fingerprint density at radius 2 is 2.18 bits per heavy atom. The number of fused-ring (bicyclic) bond motifs is 1. The Bertz CT molecular complexity index is 522. The van der Waals surface area contributed by atoms with Crippen molar-refractivity contribution in [2.45, 2.75) is 18.4 Å². The molecule has 0 unspecified atom stereocenters. The van der Waals surface area contributed by atoms with Gasteiger partial charge >= 0.3 is 0 Å². The lowest BCUT2D eigenvalue weighted by Crippen LogP contribution is -2.34. The Labute approximate surface area is 97.0 Å². The molecule has 1 amide bonds. The van der Waals surface area contributed by atoms with Crippen molar-refractivity contribution in [2.75, 3.05) is 5.32 Å². The van der Waals surface area contributed by atoms with Crippen molar-refractivity contribution in [1.29, 1.82) is 0 Å². The molecular weight excluding hydrogens is 226 g/mol. The molecule has 3 nitrogen and oxygen atoms in total. The van der Waals surface area contributed by atoms with Gasteiger partial charge in [-0.1, -0.05) is 5.92 Å². The van der Waals surface area contributed by atoms with Gasteiger partial charge in [-0.25, -0.2) is 8.78 Å². The summed E-state index contributed by atoms with van der Waals surface area (Å²) in [6.45, 7) is 0. The van der Waals surface area contributed by atoms with E-state index in [1.807, 2.05) is 0 Å². The predicted octanol–water partition coefficient (Wildman–Crippen LogP) is 1.35. The predicted molar refractivity (Wildman–Crippen MR) is 59.2 cm³/mol. The van der Waals surface area contributed by atoms with Crippen LogP contribution >= 0.6 is 0 Å². The van der Waals surface area contributed by atoms with Crippen LogP contribution < -0.4 is 11.1 Å². The number of hydrogen-bond donors (Lipinski definition) is 2. The largest absolute Gasteiger partial charge is 0.322 e. The van der Waals surface area contributed by atoms with Crippen LogP contribution in [0.15, 0.2) is 12.1 Å². The Morgan fingerprint density at radius 1 is 1.47 bits per heavy atom. The van der Waals surface area contributed by atoms with E-state index >= 15 is 0 Å². The number of benzene rings is 1. The molecule has 0 saturated carbocycles. The van der Waals surface area contributed by atoms with Crippen LogP contribution in [0.1, 0.15) is 17.9 Å². The molecule has 0 radical (unpaired) electrons.